The summed E-state index contributed by atoms with van der Waals surface area (Å²) in [6.45, 7) is 5.00. The third-order valence-corrected chi connectivity index (χ3v) is 5.55. The van der Waals surface area contributed by atoms with E-state index in [-0.39, 0.29) is 23.7 Å². The number of rotatable bonds is 6. The van der Waals surface area contributed by atoms with Crippen molar-refractivity contribution in [2.75, 3.05) is 6.54 Å². The molecule has 0 aromatic carbocycles. The lowest BCUT2D eigenvalue weighted by molar-refractivity contribution is -0.141. The molecule has 2 bridgehead atoms. The summed E-state index contributed by atoms with van der Waals surface area (Å²) < 4.78 is 0. The van der Waals surface area contributed by atoms with Crippen LogP contribution < -0.4 is 0 Å². The van der Waals surface area contributed by atoms with Crippen molar-refractivity contribution in [2.24, 2.45) is 29.6 Å². The van der Waals surface area contributed by atoms with Gasteiger partial charge in [0, 0.05) is 6.54 Å². The van der Waals surface area contributed by atoms with E-state index in [0.29, 0.717) is 24.3 Å². The molecule has 0 aromatic heterocycles. The summed E-state index contributed by atoms with van der Waals surface area (Å²) in [6.07, 6.45) is 9.89. The van der Waals surface area contributed by atoms with Crippen LogP contribution in [0.15, 0.2) is 12.2 Å². The van der Waals surface area contributed by atoms with Gasteiger partial charge in [-0.1, -0.05) is 45.3 Å². The Hall–Kier alpha value is -1.12. The van der Waals surface area contributed by atoms with Gasteiger partial charge in [-0.15, -0.1) is 0 Å². The molecule has 2 aliphatic carbocycles. The molecule has 5 atom stereocenters. The molecule has 1 heterocycles. The van der Waals surface area contributed by atoms with E-state index in [1.54, 1.807) is 4.90 Å². The van der Waals surface area contributed by atoms with E-state index in [1.165, 1.54) is 12.8 Å². The topological polar surface area (TPSA) is 37.4 Å². The molecule has 1 saturated heterocycles. The Kier molecular flexibility index (Phi) is 3.70. The van der Waals surface area contributed by atoms with Crippen molar-refractivity contribution in [3.63, 3.8) is 0 Å². The first-order chi connectivity index (χ1) is 9.67. The highest BCUT2D eigenvalue weighted by molar-refractivity contribution is 6.06. The summed E-state index contributed by atoms with van der Waals surface area (Å²) in [6, 6.07) is 0. The van der Waals surface area contributed by atoms with Crippen molar-refractivity contribution in [1.29, 1.82) is 0 Å². The third kappa shape index (κ3) is 2.02. The largest absolute Gasteiger partial charge is 0.282 e. The fourth-order valence-corrected chi connectivity index (χ4v) is 4.32. The zero-order valence-corrected chi connectivity index (χ0v) is 12.5. The number of allylic oxidation sites excluding steroid dienone is 2. The Balaban J connectivity index is 1.70. The molecule has 2 fully saturated rings. The molecule has 3 rings (SSSR count). The summed E-state index contributed by atoms with van der Waals surface area (Å²) in [5, 5.41) is 0. The molecule has 3 unspecified atom stereocenters. The number of hydrogen-bond acceptors (Lipinski definition) is 2. The second kappa shape index (κ2) is 5.34. The van der Waals surface area contributed by atoms with Gasteiger partial charge in [-0.3, -0.25) is 14.5 Å². The maximum atomic E-state index is 12.6. The van der Waals surface area contributed by atoms with E-state index < -0.39 is 0 Å². The molecule has 1 aliphatic heterocycles. The Morgan fingerprint density at radius 3 is 2.25 bits per heavy atom. The van der Waals surface area contributed by atoms with Gasteiger partial charge in [0.1, 0.15) is 0 Å². The summed E-state index contributed by atoms with van der Waals surface area (Å²) >= 11 is 0. The summed E-state index contributed by atoms with van der Waals surface area (Å²) in [7, 11) is 0. The van der Waals surface area contributed by atoms with Gasteiger partial charge in [0.05, 0.1) is 11.8 Å². The van der Waals surface area contributed by atoms with Crippen LogP contribution >= 0.6 is 0 Å². The summed E-state index contributed by atoms with van der Waals surface area (Å²) in [5.41, 5.74) is 0. The Labute approximate surface area is 121 Å². The number of amides is 2. The van der Waals surface area contributed by atoms with Gasteiger partial charge < -0.3 is 0 Å². The van der Waals surface area contributed by atoms with Crippen LogP contribution in [-0.2, 0) is 9.59 Å². The zero-order valence-electron chi connectivity index (χ0n) is 12.5. The molecule has 2 amide bonds. The first kappa shape index (κ1) is 13.8. The molecule has 0 N–H and O–H groups in total. The monoisotopic (exact) mass is 275 g/mol. The maximum Gasteiger partial charge on any atom is 0.233 e. The second-order valence-electron chi connectivity index (χ2n) is 6.70. The van der Waals surface area contributed by atoms with Crippen LogP contribution in [0.1, 0.15) is 46.0 Å². The number of hydrogen-bond donors (Lipinski definition) is 0. The molecular formula is C17H25NO2. The van der Waals surface area contributed by atoms with Gasteiger partial charge in [0.15, 0.2) is 0 Å². The first-order valence-corrected chi connectivity index (χ1v) is 8.20. The van der Waals surface area contributed by atoms with Gasteiger partial charge in [0.2, 0.25) is 11.8 Å². The van der Waals surface area contributed by atoms with Crippen LogP contribution in [0.2, 0.25) is 0 Å². The number of carbonyl (C=O) groups is 2. The van der Waals surface area contributed by atoms with Crippen molar-refractivity contribution in [2.45, 2.75) is 46.0 Å². The van der Waals surface area contributed by atoms with Crippen molar-refractivity contribution in [3.05, 3.63) is 12.2 Å². The van der Waals surface area contributed by atoms with Crippen LogP contribution in [-0.4, -0.2) is 23.3 Å². The number of imide groups is 1. The van der Waals surface area contributed by atoms with Crippen molar-refractivity contribution < 1.29 is 9.59 Å². The minimum absolute atomic E-state index is 0.0267. The Morgan fingerprint density at radius 1 is 1.15 bits per heavy atom. The van der Waals surface area contributed by atoms with Crippen LogP contribution in [0.5, 0.6) is 0 Å². The van der Waals surface area contributed by atoms with Crippen LogP contribution in [0.3, 0.4) is 0 Å². The molecule has 20 heavy (non-hydrogen) atoms. The molecule has 0 radical (unpaired) electrons. The lowest BCUT2D eigenvalue weighted by Crippen LogP contribution is -2.37. The molecule has 0 spiro atoms. The average Bonchev–Trinajstić information content (AvgIpc) is 3.12. The van der Waals surface area contributed by atoms with Crippen LogP contribution in [0.4, 0.5) is 0 Å². The van der Waals surface area contributed by atoms with Crippen LogP contribution in [0.25, 0.3) is 0 Å². The fourth-order valence-electron chi connectivity index (χ4n) is 4.32. The van der Waals surface area contributed by atoms with Crippen molar-refractivity contribution >= 4 is 11.8 Å². The Bertz CT molecular complexity index is 412. The van der Waals surface area contributed by atoms with E-state index >= 15 is 0 Å². The first-order valence-electron chi connectivity index (χ1n) is 8.20. The maximum absolute atomic E-state index is 12.6. The van der Waals surface area contributed by atoms with Crippen molar-refractivity contribution in [3.8, 4) is 0 Å². The number of carbonyl (C=O) groups excluding carboxylic acids is 2. The standard InChI is InChI=1S/C17H25NO2/c1-3-5-6-11(4-2)10-18-16(19)14-12-7-8-13(9-12)15(14)17(18)20/h7-8,11-15H,3-6,9-10H2,1-2H3/t11?,12-,13+,14?,15?. The van der Waals surface area contributed by atoms with Gasteiger partial charge in [0.25, 0.3) is 0 Å². The van der Waals surface area contributed by atoms with Gasteiger partial charge in [-0.2, -0.15) is 0 Å². The Morgan fingerprint density at radius 2 is 1.75 bits per heavy atom. The van der Waals surface area contributed by atoms with Crippen LogP contribution in [0, 0.1) is 29.6 Å². The lowest BCUT2D eigenvalue weighted by Gasteiger charge is -2.23. The second-order valence-corrected chi connectivity index (χ2v) is 6.70. The van der Waals surface area contributed by atoms with Gasteiger partial charge in [-0.05, 0) is 30.6 Å². The van der Waals surface area contributed by atoms with Gasteiger partial charge in [-0.25, -0.2) is 0 Å². The molecule has 0 aromatic rings. The normalized spacial score (nSPS) is 36.0. The SMILES string of the molecule is CCCCC(CC)CN1C(=O)C2C(C1=O)[C@H]1C=C[C@@H]2C1. The highest BCUT2D eigenvalue weighted by Gasteiger charge is 2.59. The molecule has 110 valence electrons. The van der Waals surface area contributed by atoms with E-state index in [9.17, 15) is 9.59 Å². The molecular weight excluding hydrogens is 250 g/mol. The summed E-state index contributed by atoms with van der Waals surface area (Å²) in [5.74, 6) is 1.33. The number of likely N-dealkylation sites (tertiary alicyclic amines) is 1. The smallest absolute Gasteiger partial charge is 0.233 e. The highest BCUT2D eigenvalue weighted by Crippen LogP contribution is 2.52. The van der Waals surface area contributed by atoms with E-state index in [4.69, 9.17) is 0 Å². The highest BCUT2D eigenvalue weighted by atomic mass is 16.2. The zero-order chi connectivity index (χ0) is 14.3. The fraction of sp³-hybridized carbons (Fsp3) is 0.765. The predicted molar refractivity (Wildman–Crippen MR) is 77.7 cm³/mol. The molecule has 3 nitrogen and oxygen atoms in total. The lowest BCUT2D eigenvalue weighted by atomic mass is 9.85. The van der Waals surface area contributed by atoms with E-state index in [2.05, 4.69) is 26.0 Å². The van der Waals surface area contributed by atoms with Crippen molar-refractivity contribution in [1.82, 2.24) is 4.90 Å². The van der Waals surface area contributed by atoms with E-state index in [1.807, 2.05) is 0 Å². The molecule has 3 aliphatic rings. The van der Waals surface area contributed by atoms with E-state index in [0.717, 1.165) is 19.3 Å². The number of nitrogens with zero attached hydrogens (tertiary/aromatic N) is 1. The quantitative estimate of drug-likeness (QED) is 0.552. The molecule has 1 saturated carbocycles. The average molecular weight is 275 g/mol. The summed E-state index contributed by atoms with van der Waals surface area (Å²) in [4.78, 5) is 26.8. The minimum atomic E-state index is -0.0267. The number of unbranched alkanes of at least 4 members (excludes halogenated alkanes) is 1. The molecule has 3 heteroatoms. The minimum Gasteiger partial charge on any atom is -0.282 e. The predicted octanol–water partition coefficient (Wildman–Crippen LogP) is 3.01. The number of fused-ring (bicyclic) bond motifs is 5. The van der Waals surface area contributed by atoms with Gasteiger partial charge >= 0.3 is 0 Å². The third-order valence-electron chi connectivity index (χ3n) is 5.55.